The van der Waals surface area contributed by atoms with Gasteiger partial charge in [0.25, 0.3) is 0 Å². The third-order valence-corrected chi connectivity index (χ3v) is 4.76. The zero-order chi connectivity index (χ0) is 13.8. The Morgan fingerprint density at radius 3 is 2.65 bits per heavy atom. The fourth-order valence-corrected chi connectivity index (χ4v) is 3.62. The van der Waals surface area contributed by atoms with Crippen molar-refractivity contribution in [1.82, 2.24) is 15.5 Å². The number of rotatable bonds is 4. The van der Waals surface area contributed by atoms with Gasteiger partial charge in [-0.25, -0.2) is 0 Å². The van der Waals surface area contributed by atoms with Gasteiger partial charge < -0.3 is 5.32 Å². The van der Waals surface area contributed by atoms with E-state index >= 15 is 0 Å². The topological polar surface area (TPSA) is 27.3 Å². The third kappa shape index (κ3) is 3.53. The molecule has 0 saturated carbocycles. The molecule has 1 aromatic rings. The van der Waals surface area contributed by atoms with Crippen LogP contribution in [0, 0.1) is 5.92 Å². The largest absolute Gasteiger partial charge is 0.317 e. The van der Waals surface area contributed by atoms with Gasteiger partial charge in [-0.05, 0) is 43.8 Å². The van der Waals surface area contributed by atoms with E-state index in [4.69, 9.17) is 11.6 Å². The highest BCUT2D eigenvalue weighted by Crippen LogP contribution is 2.27. The molecular weight excluding hydrogens is 270 g/mol. The zero-order valence-electron chi connectivity index (χ0n) is 11.9. The molecule has 3 rings (SSSR count). The van der Waals surface area contributed by atoms with Gasteiger partial charge in [0.2, 0.25) is 0 Å². The van der Waals surface area contributed by atoms with Crippen LogP contribution >= 0.6 is 11.6 Å². The van der Waals surface area contributed by atoms with Gasteiger partial charge in [0.05, 0.1) is 11.7 Å². The first-order valence-electron chi connectivity index (χ1n) is 7.73. The minimum Gasteiger partial charge on any atom is -0.317 e. The summed E-state index contributed by atoms with van der Waals surface area (Å²) in [6.07, 6.45) is 4.21. The highest BCUT2D eigenvalue weighted by atomic mass is 35.5. The number of alkyl halides is 1. The Labute approximate surface area is 126 Å². The Morgan fingerprint density at radius 1 is 1.15 bits per heavy atom. The van der Waals surface area contributed by atoms with Crippen LogP contribution in [0.25, 0.3) is 0 Å². The van der Waals surface area contributed by atoms with Crippen LogP contribution in [0.2, 0.25) is 0 Å². The molecule has 2 aliphatic heterocycles. The van der Waals surface area contributed by atoms with E-state index in [9.17, 15) is 0 Å². The molecule has 0 bridgehead atoms. The van der Waals surface area contributed by atoms with E-state index in [2.05, 4.69) is 45.9 Å². The molecule has 2 fully saturated rings. The predicted octanol–water partition coefficient (Wildman–Crippen LogP) is 2.54. The van der Waals surface area contributed by atoms with Crippen LogP contribution < -0.4 is 10.6 Å². The quantitative estimate of drug-likeness (QED) is 0.660. The molecule has 2 heterocycles. The second kappa shape index (κ2) is 6.90. The molecular formula is C16H24ClN3. The number of nitrogens with one attached hydrogen (secondary N) is 2. The summed E-state index contributed by atoms with van der Waals surface area (Å²) in [7, 11) is 0. The van der Waals surface area contributed by atoms with Gasteiger partial charge in [-0.2, -0.15) is 0 Å². The Balaban J connectivity index is 1.59. The monoisotopic (exact) mass is 293 g/mol. The van der Waals surface area contributed by atoms with Crippen molar-refractivity contribution >= 4 is 11.6 Å². The van der Waals surface area contributed by atoms with Crippen molar-refractivity contribution < 1.29 is 0 Å². The van der Waals surface area contributed by atoms with E-state index in [1.54, 1.807) is 0 Å². The van der Waals surface area contributed by atoms with E-state index in [0.717, 1.165) is 19.0 Å². The lowest BCUT2D eigenvalue weighted by atomic mass is 9.94. The highest BCUT2D eigenvalue weighted by molar-refractivity contribution is 6.20. The van der Waals surface area contributed by atoms with Crippen molar-refractivity contribution in [3.05, 3.63) is 35.9 Å². The summed E-state index contributed by atoms with van der Waals surface area (Å²) in [4.78, 5) is 2.50. The number of hydrogen-bond donors (Lipinski definition) is 2. The van der Waals surface area contributed by atoms with Crippen LogP contribution in [-0.4, -0.2) is 36.6 Å². The second-order valence-corrected chi connectivity index (χ2v) is 6.45. The second-order valence-electron chi connectivity index (χ2n) is 5.92. The van der Waals surface area contributed by atoms with Gasteiger partial charge in [-0.3, -0.25) is 10.2 Å². The molecule has 2 aliphatic rings. The summed E-state index contributed by atoms with van der Waals surface area (Å²) in [5.74, 6) is 0.877. The van der Waals surface area contributed by atoms with E-state index in [-0.39, 0.29) is 11.7 Å². The summed E-state index contributed by atoms with van der Waals surface area (Å²) in [5, 5.41) is 6.92. The first-order valence-corrected chi connectivity index (χ1v) is 8.16. The van der Waals surface area contributed by atoms with Crippen LogP contribution in [0.15, 0.2) is 30.3 Å². The maximum Gasteiger partial charge on any atom is 0.0969 e. The Hall–Kier alpha value is -0.610. The number of benzene rings is 1. The van der Waals surface area contributed by atoms with Gasteiger partial charge in [0, 0.05) is 13.1 Å². The molecule has 4 heteroatoms. The molecule has 0 aliphatic carbocycles. The van der Waals surface area contributed by atoms with Crippen molar-refractivity contribution in [3.8, 4) is 0 Å². The van der Waals surface area contributed by atoms with Crippen molar-refractivity contribution in [2.24, 2.45) is 5.92 Å². The van der Waals surface area contributed by atoms with E-state index in [1.807, 2.05) is 0 Å². The lowest BCUT2D eigenvalue weighted by molar-refractivity contribution is 0.213. The predicted molar refractivity (Wildman–Crippen MR) is 83.7 cm³/mol. The van der Waals surface area contributed by atoms with Gasteiger partial charge >= 0.3 is 0 Å². The standard InChI is InChI=1S/C16H24ClN3/c17-15-12-20(11-8-13-6-9-18-10-7-13)16(19-15)14-4-2-1-3-5-14/h1-5,13,15-16,18-19H,6-12H2. The summed E-state index contributed by atoms with van der Waals surface area (Å²) in [6, 6.07) is 10.6. The summed E-state index contributed by atoms with van der Waals surface area (Å²) >= 11 is 6.31. The van der Waals surface area contributed by atoms with Crippen molar-refractivity contribution in [1.29, 1.82) is 0 Å². The van der Waals surface area contributed by atoms with Crippen molar-refractivity contribution in [3.63, 3.8) is 0 Å². The first kappa shape index (κ1) is 14.3. The summed E-state index contributed by atoms with van der Waals surface area (Å²) < 4.78 is 0. The molecule has 0 radical (unpaired) electrons. The molecule has 3 nitrogen and oxygen atoms in total. The van der Waals surface area contributed by atoms with E-state index in [0.29, 0.717) is 0 Å². The maximum absolute atomic E-state index is 6.31. The van der Waals surface area contributed by atoms with Gasteiger partial charge in [-0.15, -0.1) is 11.6 Å². The van der Waals surface area contributed by atoms with Crippen LogP contribution in [-0.2, 0) is 0 Å². The molecule has 0 aromatic heterocycles. The van der Waals surface area contributed by atoms with Crippen molar-refractivity contribution in [2.45, 2.75) is 30.9 Å². The highest BCUT2D eigenvalue weighted by Gasteiger charge is 2.31. The summed E-state index contributed by atoms with van der Waals surface area (Å²) in [5.41, 5.74) is 1.38. The first-order chi connectivity index (χ1) is 9.83. The van der Waals surface area contributed by atoms with Crippen molar-refractivity contribution in [2.75, 3.05) is 26.2 Å². The van der Waals surface area contributed by atoms with Crippen LogP contribution in [0.4, 0.5) is 0 Å². The number of piperidine rings is 1. The van der Waals surface area contributed by atoms with Gasteiger partial charge in [-0.1, -0.05) is 30.3 Å². The van der Waals surface area contributed by atoms with Gasteiger partial charge in [0.1, 0.15) is 0 Å². The third-order valence-electron chi connectivity index (χ3n) is 4.50. The molecule has 2 atom stereocenters. The van der Waals surface area contributed by atoms with Crippen LogP contribution in [0.5, 0.6) is 0 Å². The lowest BCUT2D eigenvalue weighted by Crippen LogP contribution is -2.32. The minimum absolute atomic E-state index is 0.0632. The minimum atomic E-state index is 0.0632. The number of hydrogen-bond acceptors (Lipinski definition) is 3. The molecule has 2 N–H and O–H groups in total. The molecule has 110 valence electrons. The molecule has 0 amide bonds. The molecule has 2 saturated heterocycles. The Morgan fingerprint density at radius 2 is 1.90 bits per heavy atom. The average Bonchev–Trinajstić information content (AvgIpc) is 2.88. The summed E-state index contributed by atoms with van der Waals surface area (Å²) in [6.45, 7) is 4.44. The van der Waals surface area contributed by atoms with Crippen LogP contribution in [0.1, 0.15) is 31.0 Å². The normalized spacial score (nSPS) is 28.9. The molecule has 20 heavy (non-hydrogen) atoms. The lowest BCUT2D eigenvalue weighted by Gasteiger charge is -2.28. The maximum atomic E-state index is 6.31. The molecule has 1 aromatic carbocycles. The smallest absolute Gasteiger partial charge is 0.0969 e. The molecule has 0 spiro atoms. The van der Waals surface area contributed by atoms with E-state index < -0.39 is 0 Å². The average molecular weight is 294 g/mol. The Bertz CT molecular complexity index is 405. The number of halogens is 1. The number of nitrogens with zero attached hydrogens (tertiary/aromatic N) is 1. The fraction of sp³-hybridized carbons (Fsp3) is 0.625. The van der Waals surface area contributed by atoms with Crippen LogP contribution in [0.3, 0.4) is 0 Å². The van der Waals surface area contributed by atoms with Gasteiger partial charge in [0.15, 0.2) is 0 Å². The fourth-order valence-electron chi connectivity index (χ4n) is 3.32. The Kier molecular flexibility index (Phi) is 4.94. The zero-order valence-corrected chi connectivity index (χ0v) is 12.6. The molecule has 2 unspecified atom stereocenters. The van der Waals surface area contributed by atoms with E-state index in [1.165, 1.54) is 37.9 Å². The SMILES string of the molecule is ClC1CN(CCC2CCNCC2)C(c2ccccc2)N1.